The summed E-state index contributed by atoms with van der Waals surface area (Å²) in [5, 5.41) is 3.35. The third-order valence-electron chi connectivity index (χ3n) is 4.72. The van der Waals surface area contributed by atoms with Crippen molar-refractivity contribution < 1.29 is 4.79 Å². The Labute approximate surface area is 164 Å². The van der Waals surface area contributed by atoms with Crippen LogP contribution in [0, 0.1) is 0 Å². The highest BCUT2D eigenvalue weighted by Gasteiger charge is 2.24. The molecule has 0 bridgehead atoms. The van der Waals surface area contributed by atoms with Crippen molar-refractivity contribution in [1.29, 1.82) is 0 Å². The van der Waals surface area contributed by atoms with Gasteiger partial charge in [-0.2, -0.15) is 0 Å². The Morgan fingerprint density at radius 2 is 1.64 bits per heavy atom. The van der Waals surface area contributed by atoms with Gasteiger partial charge in [0.15, 0.2) is 0 Å². The fraction of sp³-hybridized carbons (Fsp3) is 0.238. The van der Waals surface area contributed by atoms with Crippen LogP contribution in [0.4, 0.5) is 11.6 Å². The second-order valence-corrected chi connectivity index (χ2v) is 6.60. The molecule has 3 aromatic rings. The van der Waals surface area contributed by atoms with Crippen LogP contribution in [0.5, 0.6) is 0 Å². The Morgan fingerprint density at radius 3 is 2.39 bits per heavy atom. The average Bonchev–Trinajstić information content (AvgIpc) is 2.79. The zero-order valence-electron chi connectivity index (χ0n) is 15.5. The first-order valence-electron chi connectivity index (χ1n) is 9.35. The number of hydrogen-bond acceptors (Lipinski definition) is 6. The van der Waals surface area contributed by atoms with Crippen LogP contribution >= 0.6 is 0 Å². The van der Waals surface area contributed by atoms with E-state index in [2.05, 4.69) is 37.3 Å². The van der Waals surface area contributed by atoms with E-state index in [0.29, 0.717) is 44.4 Å². The number of anilines is 2. The third kappa shape index (κ3) is 4.25. The van der Waals surface area contributed by atoms with E-state index in [1.807, 2.05) is 35.2 Å². The van der Waals surface area contributed by atoms with Gasteiger partial charge in [-0.15, -0.1) is 0 Å². The largest absolute Gasteiger partial charge is 0.381 e. The summed E-state index contributed by atoms with van der Waals surface area (Å²) in [6.07, 6.45) is 5.14. The molecule has 0 unspecified atom stereocenters. The molecule has 3 heterocycles. The summed E-state index contributed by atoms with van der Waals surface area (Å²) in [5.41, 5.74) is 2.53. The summed E-state index contributed by atoms with van der Waals surface area (Å²) in [5.74, 6) is 0.664. The Balaban J connectivity index is 1.36. The molecule has 0 aliphatic carbocycles. The van der Waals surface area contributed by atoms with Crippen molar-refractivity contribution in [1.82, 2.24) is 19.9 Å². The van der Waals surface area contributed by atoms with Crippen molar-refractivity contribution in [2.45, 2.75) is 6.54 Å². The highest BCUT2D eigenvalue weighted by Crippen LogP contribution is 2.15. The van der Waals surface area contributed by atoms with Gasteiger partial charge in [-0.05, 0) is 23.8 Å². The predicted molar refractivity (Wildman–Crippen MR) is 108 cm³/mol. The summed E-state index contributed by atoms with van der Waals surface area (Å²) in [6.45, 7) is 3.37. The second-order valence-electron chi connectivity index (χ2n) is 6.60. The first-order chi connectivity index (χ1) is 13.8. The minimum absolute atomic E-state index is 0.0445. The second kappa shape index (κ2) is 8.47. The number of aromatic nitrogens is 3. The Kier molecular flexibility index (Phi) is 5.42. The number of pyridine rings is 1. The Bertz CT molecular complexity index is 910. The van der Waals surface area contributed by atoms with Crippen LogP contribution in [0.15, 0.2) is 67.1 Å². The molecular weight excluding hydrogens is 352 g/mol. The summed E-state index contributed by atoms with van der Waals surface area (Å²) >= 11 is 0. The lowest BCUT2D eigenvalue weighted by Gasteiger charge is -2.34. The van der Waals surface area contributed by atoms with E-state index in [4.69, 9.17) is 0 Å². The van der Waals surface area contributed by atoms with Crippen molar-refractivity contribution in [2.24, 2.45) is 0 Å². The molecule has 142 valence electrons. The molecule has 1 aliphatic rings. The van der Waals surface area contributed by atoms with Crippen molar-refractivity contribution in [2.75, 3.05) is 36.4 Å². The van der Waals surface area contributed by atoms with Gasteiger partial charge in [-0.3, -0.25) is 9.78 Å². The highest BCUT2D eigenvalue weighted by molar-refractivity contribution is 5.93. The van der Waals surface area contributed by atoms with E-state index >= 15 is 0 Å². The van der Waals surface area contributed by atoms with Crippen LogP contribution in [0.3, 0.4) is 0 Å². The van der Waals surface area contributed by atoms with Gasteiger partial charge in [0.2, 0.25) is 5.95 Å². The van der Waals surface area contributed by atoms with Gasteiger partial charge in [0.25, 0.3) is 5.91 Å². The number of piperazine rings is 1. The number of benzene rings is 1. The standard InChI is InChI=1S/C21H22N6O/c28-20(26-11-13-27(14-12-26)21-23-8-4-9-24-21)19-15-18(7-10-22-19)25-16-17-5-2-1-3-6-17/h1-10,15H,11-14,16H2,(H,22,25). The van der Waals surface area contributed by atoms with E-state index in [-0.39, 0.29) is 5.91 Å². The van der Waals surface area contributed by atoms with E-state index < -0.39 is 0 Å². The van der Waals surface area contributed by atoms with Crippen LogP contribution < -0.4 is 10.2 Å². The monoisotopic (exact) mass is 374 g/mol. The summed E-state index contributed by atoms with van der Waals surface area (Å²) in [6, 6.07) is 15.6. The topological polar surface area (TPSA) is 74.2 Å². The van der Waals surface area contributed by atoms with Crippen LogP contribution in [0.1, 0.15) is 16.1 Å². The van der Waals surface area contributed by atoms with Gasteiger partial charge < -0.3 is 15.1 Å². The summed E-state index contributed by atoms with van der Waals surface area (Å²) < 4.78 is 0. The molecule has 28 heavy (non-hydrogen) atoms. The normalized spacial score (nSPS) is 14.0. The van der Waals surface area contributed by atoms with E-state index in [9.17, 15) is 4.79 Å². The van der Waals surface area contributed by atoms with Gasteiger partial charge in [-0.1, -0.05) is 30.3 Å². The third-order valence-corrected chi connectivity index (χ3v) is 4.72. The van der Waals surface area contributed by atoms with Gasteiger partial charge in [-0.25, -0.2) is 9.97 Å². The molecule has 0 spiro atoms. The number of carbonyl (C=O) groups is 1. The first kappa shape index (κ1) is 17.9. The lowest BCUT2D eigenvalue weighted by molar-refractivity contribution is 0.0740. The van der Waals surface area contributed by atoms with Crippen molar-refractivity contribution in [3.8, 4) is 0 Å². The lowest BCUT2D eigenvalue weighted by atomic mass is 10.2. The Hall–Kier alpha value is -3.48. The van der Waals surface area contributed by atoms with Crippen LogP contribution in [-0.4, -0.2) is 51.9 Å². The number of rotatable bonds is 5. The number of nitrogens with zero attached hydrogens (tertiary/aromatic N) is 5. The Morgan fingerprint density at radius 1 is 0.893 bits per heavy atom. The minimum Gasteiger partial charge on any atom is -0.381 e. The van der Waals surface area contributed by atoms with Gasteiger partial charge in [0.1, 0.15) is 5.69 Å². The number of carbonyl (C=O) groups excluding carboxylic acids is 1. The van der Waals surface area contributed by atoms with Crippen molar-refractivity contribution in [3.63, 3.8) is 0 Å². The molecule has 1 amide bonds. The molecule has 7 nitrogen and oxygen atoms in total. The van der Waals surface area contributed by atoms with Gasteiger partial charge in [0, 0.05) is 57.0 Å². The maximum absolute atomic E-state index is 12.9. The molecule has 0 atom stereocenters. The van der Waals surface area contributed by atoms with Crippen molar-refractivity contribution in [3.05, 3.63) is 78.4 Å². The summed E-state index contributed by atoms with van der Waals surface area (Å²) in [4.78, 5) is 29.6. The molecule has 7 heteroatoms. The molecule has 1 N–H and O–H groups in total. The van der Waals surface area contributed by atoms with E-state index in [1.54, 1.807) is 24.7 Å². The van der Waals surface area contributed by atoms with Crippen molar-refractivity contribution >= 4 is 17.5 Å². The zero-order valence-corrected chi connectivity index (χ0v) is 15.5. The molecule has 1 fully saturated rings. The number of nitrogens with one attached hydrogen (secondary N) is 1. The molecule has 0 radical (unpaired) electrons. The SMILES string of the molecule is O=C(c1cc(NCc2ccccc2)ccn1)N1CCN(c2ncccn2)CC1. The fourth-order valence-corrected chi connectivity index (χ4v) is 3.18. The maximum Gasteiger partial charge on any atom is 0.272 e. The van der Waals surface area contributed by atoms with Gasteiger partial charge >= 0.3 is 0 Å². The fourth-order valence-electron chi connectivity index (χ4n) is 3.18. The van der Waals surface area contributed by atoms with Crippen LogP contribution in [0.25, 0.3) is 0 Å². The molecule has 1 aromatic carbocycles. The maximum atomic E-state index is 12.9. The smallest absolute Gasteiger partial charge is 0.272 e. The summed E-state index contributed by atoms with van der Waals surface area (Å²) in [7, 11) is 0. The van der Waals surface area contributed by atoms with Crippen LogP contribution in [0.2, 0.25) is 0 Å². The van der Waals surface area contributed by atoms with Crippen LogP contribution in [-0.2, 0) is 6.54 Å². The number of amides is 1. The predicted octanol–water partition coefficient (Wildman–Crippen LogP) is 2.45. The molecule has 4 rings (SSSR count). The first-order valence-corrected chi connectivity index (χ1v) is 9.35. The number of hydrogen-bond donors (Lipinski definition) is 1. The molecule has 1 saturated heterocycles. The lowest BCUT2D eigenvalue weighted by Crippen LogP contribution is -2.49. The molecular formula is C21H22N6O. The molecule has 2 aromatic heterocycles. The van der Waals surface area contributed by atoms with E-state index in [1.165, 1.54) is 5.56 Å². The van der Waals surface area contributed by atoms with Gasteiger partial charge in [0.05, 0.1) is 0 Å². The quantitative estimate of drug-likeness (QED) is 0.739. The molecule has 0 saturated carbocycles. The minimum atomic E-state index is -0.0445. The average molecular weight is 374 g/mol. The molecule has 1 aliphatic heterocycles. The van der Waals surface area contributed by atoms with E-state index in [0.717, 1.165) is 5.69 Å². The highest BCUT2D eigenvalue weighted by atomic mass is 16.2. The zero-order chi connectivity index (χ0) is 19.2.